The molecule has 0 aliphatic heterocycles. The monoisotopic (exact) mass is 236 g/mol. The highest BCUT2D eigenvalue weighted by molar-refractivity contribution is 7.97. The van der Waals surface area contributed by atoms with E-state index in [1.54, 1.807) is 11.8 Å². The molecule has 0 bridgehead atoms. The Morgan fingerprint density at radius 2 is 2.25 bits per heavy atom. The zero-order valence-electron chi connectivity index (χ0n) is 8.82. The Kier molecular flexibility index (Phi) is 3.17. The Hall–Kier alpha value is -1.46. The highest BCUT2D eigenvalue weighted by Gasteiger charge is 2.19. The summed E-state index contributed by atoms with van der Waals surface area (Å²) in [5.74, 6) is 6.17. The lowest BCUT2D eigenvalue weighted by Gasteiger charge is -1.99. The summed E-state index contributed by atoms with van der Waals surface area (Å²) in [5, 5.41) is 0.800. The molecule has 0 aliphatic rings. The van der Waals surface area contributed by atoms with E-state index in [-0.39, 0.29) is 5.91 Å². The summed E-state index contributed by atoms with van der Waals surface area (Å²) in [6.07, 6.45) is 1.96. The molecule has 1 aromatic heterocycles. The van der Waals surface area contributed by atoms with Crippen molar-refractivity contribution in [2.24, 2.45) is 5.84 Å². The third-order valence-corrected chi connectivity index (χ3v) is 2.85. The number of nitrogen functional groups attached to an aromatic ring is 1. The number of thioether (sulfide) groups is 1. The summed E-state index contributed by atoms with van der Waals surface area (Å²) in [6.45, 7) is 0. The predicted octanol–water partition coefficient (Wildman–Crippen LogP) is 1.90. The molecule has 0 fully saturated rings. The molecule has 4 nitrogen and oxygen atoms in total. The van der Waals surface area contributed by atoms with Crippen LogP contribution < -0.4 is 11.3 Å². The van der Waals surface area contributed by atoms with Gasteiger partial charge in [0.05, 0.1) is 11.3 Å². The lowest BCUT2D eigenvalue weighted by atomic mass is 10.1. The van der Waals surface area contributed by atoms with Crippen molar-refractivity contribution >= 4 is 28.6 Å². The molecule has 16 heavy (non-hydrogen) atoms. The van der Waals surface area contributed by atoms with E-state index >= 15 is 0 Å². The maximum atomic E-state index is 11.7. The first-order chi connectivity index (χ1) is 7.77. The highest BCUT2D eigenvalue weighted by atomic mass is 32.2. The Bertz CT molecular complexity index is 522. The smallest absolute Gasteiger partial charge is 0.269 e. The summed E-state index contributed by atoms with van der Waals surface area (Å²) in [7, 11) is 0. The second-order valence-electron chi connectivity index (χ2n) is 3.30. The van der Waals surface area contributed by atoms with Crippen molar-refractivity contribution in [1.29, 1.82) is 0 Å². The third kappa shape index (κ3) is 1.79. The Morgan fingerprint density at radius 1 is 1.50 bits per heavy atom. The van der Waals surface area contributed by atoms with Crippen LogP contribution in [0.2, 0.25) is 0 Å². The van der Waals surface area contributed by atoms with E-state index in [9.17, 15) is 4.79 Å². The molecule has 1 heterocycles. The van der Waals surface area contributed by atoms with Crippen molar-refractivity contribution in [1.82, 2.24) is 5.43 Å². The van der Waals surface area contributed by atoms with Crippen LogP contribution in [0.15, 0.2) is 28.7 Å². The normalized spacial score (nSPS) is 10.6. The molecule has 84 valence electrons. The minimum Gasteiger partial charge on any atom is -0.459 e. The average molecular weight is 236 g/mol. The molecular formula is C11H12N2O2S. The van der Waals surface area contributed by atoms with Crippen LogP contribution in [0.25, 0.3) is 11.0 Å². The standard InChI is InChI=1S/C11H12N2O2S/c1-16-6-9-10(11(14)13-12)7-4-2-3-5-8(7)15-9/h2-5H,6,12H2,1H3,(H,13,14). The van der Waals surface area contributed by atoms with Gasteiger partial charge in [-0.15, -0.1) is 0 Å². The van der Waals surface area contributed by atoms with Gasteiger partial charge in [-0.3, -0.25) is 10.2 Å². The van der Waals surface area contributed by atoms with Gasteiger partial charge in [-0.2, -0.15) is 11.8 Å². The van der Waals surface area contributed by atoms with Gasteiger partial charge in [0.15, 0.2) is 0 Å². The topological polar surface area (TPSA) is 68.3 Å². The van der Waals surface area contributed by atoms with Crippen LogP contribution >= 0.6 is 11.8 Å². The zero-order valence-corrected chi connectivity index (χ0v) is 9.64. The Balaban J connectivity index is 2.64. The number of hydrazine groups is 1. The van der Waals surface area contributed by atoms with Gasteiger partial charge < -0.3 is 4.42 Å². The van der Waals surface area contributed by atoms with Crippen LogP contribution in [0.3, 0.4) is 0 Å². The third-order valence-electron chi connectivity index (χ3n) is 2.30. The fourth-order valence-electron chi connectivity index (χ4n) is 1.65. The molecule has 0 unspecified atom stereocenters. The minimum atomic E-state index is -0.311. The zero-order chi connectivity index (χ0) is 11.5. The maximum Gasteiger partial charge on any atom is 0.269 e. The van der Waals surface area contributed by atoms with E-state index in [1.165, 1.54) is 0 Å². The molecule has 0 spiro atoms. The first-order valence-electron chi connectivity index (χ1n) is 4.78. The van der Waals surface area contributed by atoms with Gasteiger partial charge in [0.2, 0.25) is 0 Å². The molecule has 5 heteroatoms. The lowest BCUT2D eigenvalue weighted by molar-refractivity contribution is 0.0953. The van der Waals surface area contributed by atoms with Crippen LogP contribution in [0.5, 0.6) is 0 Å². The number of nitrogens with one attached hydrogen (secondary N) is 1. The molecule has 2 aromatic rings. The van der Waals surface area contributed by atoms with Gasteiger partial charge >= 0.3 is 0 Å². The molecule has 0 saturated carbocycles. The summed E-state index contributed by atoms with van der Waals surface area (Å²) in [4.78, 5) is 11.7. The maximum absolute atomic E-state index is 11.7. The molecule has 2 rings (SSSR count). The molecule has 0 aliphatic carbocycles. The predicted molar refractivity (Wildman–Crippen MR) is 65.1 cm³/mol. The van der Waals surface area contributed by atoms with E-state index < -0.39 is 0 Å². The molecule has 3 N–H and O–H groups in total. The number of carbonyl (C=O) groups excluding carboxylic acids is 1. The lowest BCUT2D eigenvalue weighted by Crippen LogP contribution is -2.30. The molecule has 0 radical (unpaired) electrons. The second-order valence-corrected chi connectivity index (χ2v) is 4.17. The number of furan rings is 1. The van der Waals surface area contributed by atoms with E-state index in [1.807, 2.05) is 30.5 Å². The average Bonchev–Trinajstić information content (AvgIpc) is 2.66. The number of para-hydroxylation sites is 1. The molecule has 0 saturated heterocycles. The van der Waals surface area contributed by atoms with Crippen molar-refractivity contribution in [3.05, 3.63) is 35.6 Å². The van der Waals surface area contributed by atoms with Crippen LogP contribution in [0, 0.1) is 0 Å². The summed E-state index contributed by atoms with van der Waals surface area (Å²) in [6, 6.07) is 7.44. The van der Waals surface area contributed by atoms with Gasteiger partial charge in [-0.05, 0) is 12.3 Å². The Morgan fingerprint density at radius 3 is 2.94 bits per heavy atom. The molecule has 0 atom stereocenters. The van der Waals surface area contributed by atoms with Crippen LogP contribution in [-0.2, 0) is 5.75 Å². The summed E-state index contributed by atoms with van der Waals surface area (Å²) in [5.41, 5.74) is 3.40. The van der Waals surface area contributed by atoms with E-state index in [2.05, 4.69) is 5.43 Å². The second kappa shape index (κ2) is 4.59. The number of amides is 1. The fourth-order valence-corrected chi connectivity index (χ4v) is 2.12. The van der Waals surface area contributed by atoms with Crippen LogP contribution in [0.4, 0.5) is 0 Å². The van der Waals surface area contributed by atoms with Gasteiger partial charge in [-0.1, -0.05) is 18.2 Å². The van der Waals surface area contributed by atoms with Crippen LogP contribution in [0.1, 0.15) is 16.1 Å². The molecular weight excluding hydrogens is 224 g/mol. The van der Waals surface area contributed by atoms with Crippen LogP contribution in [-0.4, -0.2) is 12.2 Å². The quantitative estimate of drug-likeness (QED) is 0.485. The number of nitrogens with two attached hydrogens (primary N) is 1. The Labute approximate surface area is 97.1 Å². The first-order valence-corrected chi connectivity index (χ1v) is 6.17. The summed E-state index contributed by atoms with van der Waals surface area (Å²) < 4.78 is 5.63. The highest BCUT2D eigenvalue weighted by Crippen LogP contribution is 2.27. The van der Waals surface area contributed by atoms with Gasteiger partial charge in [0.25, 0.3) is 5.91 Å². The molecule has 1 amide bonds. The minimum absolute atomic E-state index is 0.311. The van der Waals surface area contributed by atoms with Crippen molar-refractivity contribution < 1.29 is 9.21 Å². The van der Waals surface area contributed by atoms with Gasteiger partial charge in [0.1, 0.15) is 11.3 Å². The van der Waals surface area contributed by atoms with Crippen molar-refractivity contribution in [2.75, 3.05) is 6.26 Å². The largest absolute Gasteiger partial charge is 0.459 e. The van der Waals surface area contributed by atoms with Crippen molar-refractivity contribution in [3.8, 4) is 0 Å². The van der Waals surface area contributed by atoms with E-state index in [0.717, 1.165) is 5.39 Å². The summed E-state index contributed by atoms with van der Waals surface area (Å²) >= 11 is 1.60. The number of rotatable bonds is 3. The number of hydrogen-bond acceptors (Lipinski definition) is 4. The first kappa shape index (κ1) is 11.0. The van der Waals surface area contributed by atoms with E-state index in [4.69, 9.17) is 10.3 Å². The SMILES string of the molecule is CSCc1oc2ccccc2c1C(=O)NN. The van der Waals surface area contributed by atoms with Gasteiger partial charge in [0, 0.05) is 5.39 Å². The fraction of sp³-hybridized carbons (Fsp3) is 0.182. The number of hydrogen-bond donors (Lipinski definition) is 2. The number of fused-ring (bicyclic) bond motifs is 1. The van der Waals surface area contributed by atoms with Crippen molar-refractivity contribution in [2.45, 2.75) is 5.75 Å². The van der Waals surface area contributed by atoms with Gasteiger partial charge in [-0.25, -0.2) is 5.84 Å². The number of benzene rings is 1. The van der Waals surface area contributed by atoms with Crippen molar-refractivity contribution in [3.63, 3.8) is 0 Å². The number of carbonyl (C=O) groups is 1. The molecule has 1 aromatic carbocycles. The van der Waals surface area contributed by atoms with E-state index in [0.29, 0.717) is 22.7 Å².